The number of sulfonamides is 1. The van der Waals surface area contributed by atoms with Crippen molar-refractivity contribution in [2.24, 2.45) is 0 Å². The third-order valence-corrected chi connectivity index (χ3v) is 4.34. The number of aliphatic carboxylic acids is 1. The van der Waals surface area contributed by atoms with Crippen LogP contribution < -0.4 is 5.32 Å². The molecule has 1 atom stereocenters. The van der Waals surface area contributed by atoms with E-state index >= 15 is 0 Å². The number of carbonyl (C=O) groups is 1. The van der Waals surface area contributed by atoms with Gasteiger partial charge in [-0.25, -0.2) is 8.42 Å². The van der Waals surface area contributed by atoms with Crippen LogP contribution in [-0.4, -0.2) is 68.9 Å². The van der Waals surface area contributed by atoms with Crippen LogP contribution in [0.5, 0.6) is 0 Å². The lowest BCUT2D eigenvalue weighted by Gasteiger charge is -2.31. The van der Waals surface area contributed by atoms with E-state index in [4.69, 9.17) is 9.84 Å². The number of nitrogens with one attached hydrogen (secondary N) is 1. The first-order chi connectivity index (χ1) is 7.95. The lowest BCUT2D eigenvalue weighted by Crippen LogP contribution is -2.49. The number of carboxylic acid groups (broad SMARTS) is 1. The summed E-state index contributed by atoms with van der Waals surface area (Å²) in [6.07, 6.45) is -0.538. The van der Waals surface area contributed by atoms with E-state index in [2.05, 4.69) is 5.32 Å². The summed E-state index contributed by atoms with van der Waals surface area (Å²) in [6, 6.07) is 0. The third-order valence-electron chi connectivity index (χ3n) is 2.50. The van der Waals surface area contributed by atoms with E-state index in [-0.39, 0.29) is 24.8 Å². The van der Waals surface area contributed by atoms with Gasteiger partial charge in [-0.05, 0) is 7.05 Å². The van der Waals surface area contributed by atoms with Gasteiger partial charge in [0.2, 0.25) is 10.0 Å². The predicted octanol–water partition coefficient (Wildman–Crippen LogP) is -1.29. The Morgan fingerprint density at radius 3 is 2.88 bits per heavy atom. The van der Waals surface area contributed by atoms with E-state index in [1.807, 2.05) is 0 Å². The summed E-state index contributed by atoms with van der Waals surface area (Å²) in [5.41, 5.74) is 0. The van der Waals surface area contributed by atoms with E-state index < -0.39 is 16.0 Å². The Labute approximate surface area is 101 Å². The predicted molar refractivity (Wildman–Crippen MR) is 61.3 cm³/mol. The number of hydrogen-bond acceptors (Lipinski definition) is 5. The summed E-state index contributed by atoms with van der Waals surface area (Å²) in [7, 11) is -1.72. The SMILES string of the molecule is CNCC1CN(S(=O)(=O)CCC(=O)O)CCO1. The summed E-state index contributed by atoms with van der Waals surface area (Å²) in [6.45, 7) is 1.49. The standard InChI is InChI=1S/C9H18N2O5S/c1-10-6-8-7-11(3-4-16-8)17(14,15)5-2-9(12)13/h8,10H,2-7H2,1H3,(H,12,13). The second-order valence-corrected chi connectivity index (χ2v) is 5.96. The largest absolute Gasteiger partial charge is 0.481 e. The molecule has 0 bridgehead atoms. The van der Waals surface area contributed by atoms with Gasteiger partial charge in [0.05, 0.1) is 24.9 Å². The molecule has 1 saturated heterocycles. The number of carboxylic acids is 1. The average molecular weight is 266 g/mol. The molecule has 0 aliphatic carbocycles. The first-order valence-electron chi connectivity index (χ1n) is 5.41. The molecule has 0 radical (unpaired) electrons. The number of hydrogen-bond donors (Lipinski definition) is 2. The molecule has 1 fully saturated rings. The quantitative estimate of drug-likeness (QED) is 0.621. The van der Waals surface area contributed by atoms with Gasteiger partial charge >= 0.3 is 5.97 Å². The van der Waals surface area contributed by atoms with Gasteiger partial charge in [0.1, 0.15) is 0 Å². The Balaban J connectivity index is 2.55. The highest BCUT2D eigenvalue weighted by Crippen LogP contribution is 2.11. The Morgan fingerprint density at radius 2 is 2.29 bits per heavy atom. The lowest BCUT2D eigenvalue weighted by molar-refractivity contribution is -0.136. The van der Waals surface area contributed by atoms with E-state index in [0.29, 0.717) is 19.7 Å². The third kappa shape index (κ3) is 4.58. The average Bonchev–Trinajstić information content (AvgIpc) is 2.27. The molecule has 7 nitrogen and oxygen atoms in total. The lowest BCUT2D eigenvalue weighted by atomic mass is 10.3. The summed E-state index contributed by atoms with van der Waals surface area (Å²) in [4.78, 5) is 10.4. The van der Waals surface area contributed by atoms with Crippen molar-refractivity contribution >= 4 is 16.0 Å². The number of rotatable bonds is 6. The maximum absolute atomic E-state index is 11.8. The van der Waals surface area contributed by atoms with E-state index in [1.54, 1.807) is 7.05 Å². The molecule has 1 aliphatic heterocycles. The van der Waals surface area contributed by atoms with Crippen molar-refractivity contribution < 1.29 is 23.1 Å². The maximum Gasteiger partial charge on any atom is 0.304 e. The van der Waals surface area contributed by atoms with E-state index in [9.17, 15) is 13.2 Å². The fourth-order valence-electron chi connectivity index (χ4n) is 1.64. The summed E-state index contributed by atoms with van der Waals surface area (Å²) >= 11 is 0. The van der Waals surface area contributed by atoms with Crippen molar-refractivity contribution in [3.63, 3.8) is 0 Å². The highest BCUT2D eigenvalue weighted by Gasteiger charge is 2.29. The molecular formula is C9H18N2O5S. The first-order valence-corrected chi connectivity index (χ1v) is 7.02. The molecule has 0 aromatic heterocycles. The minimum Gasteiger partial charge on any atom is -0.481 e. The fraction of sp³-hybridized carbons (Fsp3) is 0.889. The Kier molecular flexibility index (Phi) is 5.31. The normalized spacial score (nSPS) is 22.5. The van der Waals surface area contributed by atoms with Crippen LogP contribution in [0.15, 0.2) is 0 Å². The van der Waals surface area contributed by atoms with Crippen LogP contribution >= 0.6 is 0 Å². The van der Waals surface area contributed by atoms with Crippen LogP contribution in [0.25, 0.3) is 0 Å². The Bertz CT molecular complexity index is 354. The number of nitrogens with zero attached hydrogens (tertiary/aromatic N) is 1. The smallest absolute Gasteiger partial charge is 0.304 e. The topological polar surface area (TPSA) is 95.9 Å². The molecule has 0 amide bonds. The minimum atomic E-state index is -3.48. The molecular weight excluding hydrogens is 248 g/mol. The van der Waals surface area contributed by atoms with Crippen molar-refractivity contribution in [2.75, 3.05) is 39.0 Å². The van der Waals surface area contributed by atoms with Crippen molar-refractivity contribution in [2.45, 2.75) is 12.5 Å². The highest BCUT2D eigenvalue weighted by molar-refractivity contribution is 7.89. The fourth-order valence-corrected chi connectivity index (χ4v) is 3.08. The molecule has 100 valence electrons. The molecule has 2 N–H and O–H groups in total. The van der Waals surface area contributed by atoms with Gasteiger partial charge in [-0.15, -0.1) is 0 Å². The van der Waals surface area contributed by atoms with Gasteiger partial charge in [0.25, 0.3) is 0 Å². The van der Waals surface area contributed by atoms with Crippen LogP contribution in [0, 0.1) is 0 Å². The second-order valence-electron chi connectivity index (χ2n) is 3.87. The molecule has 1 unspecified atom stereocenters. The molecule has 0 saturated carbocycles. The molecule has 17 heavy (non-hydrogen) atoms. The van der Waals surface area contributed by atoms with Gasteiger partial charge in [-0.3, -0.25) is 4.79 Å². The molecule has 0 aromatic rings. The van der Waals surface area contributed by atoms with Crippen LogP contribution in [0.1, 0.15) is 6.42 Å². The van der Waals surface area contributed by atoms with Gasteiger partial charge in [0, 0.05) is 19.6 Å². The zero-order valence-electron chi connectivity index (χ0n) is 9.76. The van der Waals surface area contributed by atoms with Gasteiger partial charge in [0.15, 0.2) is 0 Å². The van der Waals surface area contributed by atoms with Gasteiger partial charge < -0.3 is 15.2 Å². The number of ether oxygens (including phenoxy) is 1. The summed E-state index contributed by atoms with van der Waals surface area (Å²) < 4.78 is 30.3. The van der Waals surface area contributed by atoms with Crippen molar-refractivity contribution in [3.05, 3.63) is 0 Å². The molecule has 1 rings (SSSR count). The highest BCUT2D eigenvalue weighted by atomic mass is 32.2. The van der Waals surface area contributed by atoms with Crippen LogP contribution in [0.3, 0.4) is 0 Å². The summed E-state index contributed by atoms with van der Waals surface area (Å²) in [5.74, 6) is -1.46. The van der Waals surface area contributed by atoms with Crippen LogP contribution in [-0.2, 0) is 19.6 Å². The van der Waals surface area contributed by atoms with Crippen molar-refractivity contribution in [1.29, 1.82) is 0 Å². The van der Waals surface area contributed by atoms with E-state index in [0.717, 1.165) is 0 Å². The molecule has 1 aliphatic rings. The van der Waals surface area contributed by atoms with Crippen LogP contribution in [0.2, 0.25) is 0 Å². The number of morpholine rings is 1. The molecule has 0 aromatic carbocycles. The van der Waals surface area contributed by atoms with Crippen molar-refractivity contribution in [1.82, 2.24) is 9.62 Å². The van der Waals surface area contributed by atoms with Gasteiger partial charge in [-0.1, -0.05) is 0 Å². The minimum absolute atomic E-state index is 0.173. The zero-order valence-corrected chi connectivity index (χ0v) is 10.6. The molecule has 0 spiro atoms. The molecule has 1 heterocycles. The van der Waals surface area contributed by atoms with Crippen molar-refractivity contribution in [3.8, 4) is 0 Å². The second kappa shape index (κ2) is 6.29. The Hall–Kier alpha value is -0.700. The monoisotopic (exact) mass is 266 g/mol. The van der Waals surface area contributed by atoms with Crippen LogP contribution in [0.4, 0.5) is 0 Å². The molecule has 8 heteroatoms. The number of likely N-dealkylation sites (N-methyl/N-ethyl adjacent to an activating group) is 1. The zero-order chi connectivity index (χ0) is 12.9. The van der Waals surface area contributed by atoms with Gasteiger partial charge in [-0.2, -0.15) is 4.31 Å². The Morgan fingerprint density at radius 1 is 1.59 bits per heavy atom. The first kappa shape index (κ1) is 14.4. The summed E-state index contributed by atoms with van der Waals surface area (Å²) in [5, 5.41) is 11.4. The maximum atomic E-state index is 11.8. The van der Waals surface area contributed by atoms with E-state index in [1.165, 1.54) is 4.31 Å².